The highest BCUT2D eigenvalue weighted by Gasteiger charge is 2.14. The number of hydrogen-bond donors (Lipinski definition) is 2. The van der Waals surface area contributed by atoms with Crippen LogP contribution < -0.4 is 10.2 Å². The second-order valence-electron chi connectivity index (χ2n) is 4.08. The second-order valence-corrected chi connectivity index (χ2v) is 4.08. The first-order chi connectivity index (χ1) is 8.80. The van der Waals surface area contributed by atoms with Gasteiger partial charge in [0.15, 0.2) is 11.5 Å². The van der Waals surface area contributed by atoms with Crippen molar-refractivity contribution in [2.24, 2.45) is 0 Å². The van der Waals surface area contributed by atoms with Crippen LogP contribution in [0.3, 0.4) is 0 Å². The minimum absolute atomic E-state index is 0.640. The first-order valence-corrected chi connectivity index (χ1v) is 6.50. The van der Waals surface area contributed by atoms with Crippen molar-refractivity contribution in [3.05, 3.63) is 6.33 Å². The summed E-state index contributed by atoms with van der Waals surface area (Å²) in [5.41, 5.74) is 1.62. The number of nitrogens with one attached hydrogen (secondary N) is 2. The minimum atomic E-state index is 0.640. The fourth-order valence-corrected chi connectivity index (χ4v) is 1.97. The summed E-state index contributed by atoms with van der Waals surface area (Å²) in [5.74, 6) is 1.57. The molecule has 0 unspecified atom stereocenters. The van der Waals surface area contributed by atoms with Crippen molar-refractivity contribution in [1.29, 1.82) is 0 Å². The Morgan fingerprint density at radius 3 is 2.78 bits per heavy atom. The van der Waals surface area contributed by atoms with Crippen LogP contribution in [-0.4, -0.2) is 39.6 Å². The van der Waals surface area contributed by atoms with Gasteiger partial charge in [-0.05, 0) is 20.3 Å². The molecular formula is C12H20N6. The number of rotatable bonds is 6. The molecule has 2 aromatic rings. The molecule has 2 aromatic heterocycles. The van der Waals surface area contributed by atoms with Crippen molar-refractivity contribution in [2.75, 3.05) is 29.9 Å². The molecule has 0 atom stereocenters. The summed E-state index contributed by atoms with van der Waals surface area (Å²) < 4.78 is 0. The van der Waals surface area contributed by atoms with E-state index in [1.165, 1.54) is 0 Å². The first-order valence-electron chi connectivity index (χ1n) is 6.50. The Balaban J connectivity index is 2.47. The molecule has 98 valence electrons. The first kappa shape index (κ1) is 12.6. The third-order valence-electron chi connectivity index (χ3n) is 2.78. The highest BCUT2D eigenvalue weighted by Crippen LogP contribution is 2.22. The highest BCUT2D eigenvalue weighted by molar-refractivity contribution is 5.84. The molecule has 2 N–H and O–H groups in total. The summed E-state index contributed by atoms with van der Waals surface area (Å²) in [4.78, 5) is 18.5. The van der Waals surface area contributed by atoms with Crippen molar-refractivity contribution in [2.45, 2.75) is 27.2 Å². The molecular weight excluding hydrogens is 228 g/mol. The Kier molecular flexibility index (Phi) is 3.96. The van der Waals surface area contributed by atoms with Gasteiger partial charge in [0.2, 0.25) is 5.95 Å². The van der Waals surface area contributed by atoms with E-state index in [-0.39, 0.29) is 0 Å². The molecule has 0 aliphatic rings. The van der Waals surface area contributed by atoms with Gasteiger partial charge in [0.1, 0.15) is 5.52 Å². The Labute approximate surface area is 107 Å². The molecule has 2 heterocycles. The standard InChI is InChI=1S/C12H20N6/c1-4-7-18(6-3)11-9-10(15-8-14-9)16-12(17-11)13-5-2/h8H,4-7H2,1-3H3,(H2,13,14,15,16,17). The van der Waals surface area contributed by atoms with Crippen molar-refractivity contribution in [3.63, 3.8) is 0 Å². The smallest absolute Gasteiger partial charge is 0.226 e. The van der Waals surface area contributed by atoms with E-state index >= 15 is 0 Å². The molecule has 6 nitrogen and oxygen atoms in total. The molecule has 18 heavy (non-hydrogen) atoms. The van der Waals surface area contributed by atoms with Crippen LogP contribution in [0.4, 0.5) is 11.8 Å². The van der Waals surface area contributed by atoms with E-state index in [4.69, 9.17) is 0 Å². The summed E-state index contributed by atoms with van der Waals surface area (Å²) in [6, 6.07) is 0. The van der Waals surface area contributed by atoms with E-state index in [0.29, 0.717) is 11.6 Å². The van der Waals surface area contributed by atoms with Gasteiger partial charge >= 0.3 is 0 Å². The molecule has 0 aliphatic heterocycles. The molecule has 0 spiro atoms. The van der Waals surface area contributed by atoms with Crippen LogP contribution >= 0.6 is 0 Å². The zero-order valence-electron chi connectivity index (χ0n) is 11.2. The van der Waals surface area contributed by atoms with Gasteiger partial charge in [-0.3, -0.25) is 0 Å². The maximum atomic E-state index is 4.59. The third-order valence-corrected chi connectivity index (χ3v) is 2.78. The summed E-state index contributed by atoms with van der Waals surface area (Å²) in [5, 5.41) is 3.15. The average Bonchev–Trinajstić information content (AvgIpc) is 2.83. The quantitative estimate of drug-likeness (QED) is 0.818. The Morgan fingerprint density at radius 2 is 2.11 bits per heavy atom. The molecule has 0 fully saturated rings. The van der Waals surface area contributed by atoms with Gasteiger partial charge in [-0.15, -0.1) is 0 Å². The number of hydrogen-bond acceptors (Lipinski definition) is 5. The number of aromatic amines is 1. The number of nitrogens with zero attached hydrogens (tertiary/aromatic N) is 4. The van der Waals surface area contributed by atoms with E-state index in [1.54, 1.807) is 6.33 Å². The predicted octanol–water partition coefficient (Wildman–Crippen LogP) is 2.02. The van der Waals surface area contributed by atoms with Crippen molar-refractivity contribution < 1.29 is 0 Å². The molecule has 0 saturated heterocycles. The molecule has 0 radical (unpaired) electrons. The molecule has 0 saturated carbocycles. The van der Waals surface area contributed by atoms with Crippen LogP contribution in [0, 0.1) is 0 Å². The SMILES string of the molecule is CCCN(CC)c1nc(NCC)nc2nc[nH]c12. The number of anilines is 2. The second kappa shape index (κ2) is 5.66. The van der Waals surface area contributed by atoms with Crippen LogP contribution in [0.15, 0.2) is 6.33 Å². The van der Waals surface area contributed by atoms with Crippen LogP contribution in [0.2, 0.25) is 0 Å². The lowest BCUT2D eigenvalue weighted by Crippen LogP contribution is -2.25. The average molecular weight is 248 g/mol. The Bertz CT molecular complexity index is 506. The lowest BCUT2D eigenvalue weighted by molar-refractivity contribution is 0.780. The number of aromatic nitrogens is 4. The molecule has 0 amide bonds. The lowest BCUT2D eigenvalue weighted by atomic mass is 10.3. The van der Waals surface area contributed by atoms with E-state index in [2.05, 4.69) is 44.0 Å². The minimum Gasteiger partial charge on any atom is -0.355 e. The maximum absolute atomic E-state index is 4.59. The molecule has 2 rings (SSSR count). The zero-order valence-corrected chi connectivity index (χ0v) is 11.2. The van der Waals surface area contributed by atoms with Crippen molar-refractivity contribution in [1.82, 2.24) is 19.9 Å². The van der Waals surface area contributed by atoms with E-state index in [9.17, 15) is 0 Å². The molecule has 0 aromatic carbocycles. The van der Waals surface area contributed by atoms with Gasteiger partial charge in [-0.25, -0.2) is 4.98 Å². The van der Waals surface area contributed by atoms with Gasteiger partial charge in [0, 0.05) is 19.6 Å². The van der Waals surface area contributed by atoms with Gasteiger partial charge in [-0.1, -0.05) is 6.92 Å². The van der Waals surface area contributed by atoms with E-state index < -0.39 is 0 Å². The van der Waals surface area contributed by atoms with Crippen molar-refractivity contribution >= 4 is 22.9 Å². The predicted molar refractivity (Wildman–Crippen MR) is 74.0 cm³/mol. The van der Waals surface area contributed by atoms with E-state index in [0.717, 1.165) is 37.4 Å². The Hall–Kier alpha value is -1.85. The monoisotopic (exact) mass is 248 g/mol. The van der Waals surface area contributed by atoms with Crippen LogP contribution in [-0.2, 0) is 0 Å². The highest BCUT2D eigenvalue weighted by atomic mass is 15.2. The van der Waals surface area contributed by atoms with Gasteiger partial charge in [0.25, 0.3) is 0 Å². The van der Waals surface area contributed by atoms with Gasteiger partial charge in [-0.2, -0.15) is 9.97 Å². The summed E-state index contributed by atoms with van der Waals surface area (Å²) in [7, 11) is 0. The summed E-state index contributed by atoms with van der Waals surface area (Å²) >= 11 is 0. The number of imidazole rings is 1. The molecule has 0 aliphatic carbocycles. The van der Waals surface area contributed by atoms with Crippen LogP contribution in [0.25, 0.3) is 11.2 Å². The van der Waals surface area contributed by atoms with Crippen molar-refractivity contribution in [3.8, 4) is 0 Å². The Morgan fingerprint density at radius 1 is 1.28 bits per heavy atom. The zero-order chi connectivity index (χ0) is 13.0. The van der Waals surface area contributed by atoms with Crippen LogP contribution in [0.1, 0.15) is 27.2 Å². The third kappa shape index (κ3) is 2.37. The lowest BCUT2D eigenvalue weighted by Gasteiger charge is -2.21. The topological polar surface area (TPSA) is 69.7 Å². The van der Waals surface area contributed by atoms with Gasteiger partial charge < -0.3 is 15.2 Å². The summed E-state index contributed by atoms with van der Waals surface area (Å²) in [6.07, 6.45) is 2.75. The fourth-order valence-electron chi connectivity index (χ4n) is 1.97. The largest absolute Gasteiger partial charge is 0.355 e. The van der Waals surface area contributed by atoms with Gasteiger partial charge in [0.05, 0.1) is 6.33 Å². The normalized spacial score (nSPS) is 10.8. The maximum Gasteiger partial charge on any atom is 0.226 e. The summed E-state index contributed by atoms with van der Waals surface area (Å²) in [6.45, 7) is 9.03. The number of H-pyrrole nitrogens is 1. The van der Waals surface area contributed by atoms with Crippen LogP contribution in [0.5, 0.6) is 0 Å². The molecule has 0 bridgehead atoms. The molecule has 6 heteroatoms. The fraction of sp³-hybridized carbons (Fsp3) is 0.583. The number of fused-ring (bicyclic) bond motifs is 1. The van der Waals surface area contributed by atoms with E-state index in [1.807, 2.05) is 6.92 Å².